The van der Waals surface area contributed by atoms with Gasteiger partial charge in [-0.25, -0.2) is 13.6 Å². The highest BCUT2D eigenvalue weighted by atomic mass is 19.1. The van der Waals surface area contributed by atoms with Crippen LogP contribution in [-0.2, 0) is 9.53 Å². The summed E-state index contributed by atoms with van der Waals surface area (Å²) in [5.41, 5.74) is -1.08. The van der Waals surface area contributed by atoms with Crippen LogP contribution < -0.4 is 4.90 Å². The standard InChI is InChI=1S/C13H15F2NO4/c1-13(2,3)20-12(19)16(7-11(17)18)10-5-8(14)4-9(15)6-10/h4-6H,7H2,1-3H3,(H,17,18). The number of nitrogens with zero attached hydrogens (tertiary/aromatic N) is 1. The molecule has 0 spiro atoms. The second-order valence-electron chi connectivity index (χ2n) is 5.09. The van der Waals surface area contributed by atoms with Gasteiger partial charge in [0, 0.05) is 6.07 Å². The quantitative estimate of drug-likeness (QED) is 0.928. The lowest BCUT2D eigenvalue weighted by molar-refractivity contribution is -0.135. The highest BCUT2D eigenvalue weighted by molar-refractivity contribution is 5.93. The molecule has 7 heteroatoms. The molecule has 5 nitrogen and oxygen atoms in total. The van der Waals surface area contributed by atoms with Crippen LogP contribution in [0.5, 0.6) is 0 Å². The lowest BCUT2D eigenvalue weighted by Crippen LogP contribution is -2.40. The number of hydrogen-bond donors (Lipinski definition) is 1. The maximum absolute atomic E-state index is 13.2. The molecule has 0 saturated heterocycles. The van der Waals surface area contributed by atoms with Gasteiger partial charge in [-0.1, -0.05) is 0 Å². The summed E-state index contributed by atoms with van der Waals surface area (Å²) >= 11 is 0. The number of halogens is 2. The summed E-state index contributed by atoms with van der Waals surface area (Å²) in [5, 5.41) is 8.79. The number of benzene rings is 1. The first-order valence-electron chi connectivity index (χ1n) is 5.77. The Morgan fingerprint density at radius 1 is 1.20 bits per heavy atom. The summed E-state index contributed by atoms with van der Waals surface area (Å²) < 4.78 is 31.3. The minimum absolute atomic E-state index is 0.223. The topological polar surface area (TPSA) is 66.8 Å². The highest BCUT2D eigenvalue weighted by Gasteiger charge is 2.26. The van der Waals surface area contributed by atoms with Gasteiger partial charge in [0.1, 0.15) is 23.8 Å². The van der Waals surface area contributed by atoms with Crippen molar-refractivity contribution < 1.29 is 28.2 Å². The van der Waals surface area contributed by atoms with Crippen molar-refractivity contribution in [3.8, 4) is 0 Å². The molecule has 0 atom stereocenters. The van der Waals surface area contributed by atoms with Gasteiger partial charge >= 0.3 is 12.1 Å². The molecule has 1 rings (SSSR count). The molecule has 1 aromatic rings. The number of carboxylic acid groups (broad SMARTS) is 1. The van der Waals surface area contributed by atoms with Crippen molar-refractivity contribution >= 4 is 17.7 Å². The fourth-order valence-electron chi connectivity index (χ4n) is 1.41. The van der Waals surface area contributed by atoms with Crippen LogP contribution in [0.25, 0.3) is 0 Å². The average molecular weight is 287 g/mol. The summed E-state index contributed by atoms with van der Waals surface area (Å²) in [6.45, 7) is 4.01. The van der Waals surface area contributed by atoms with Gasteiger partial charge in [0.15, 0.2) is 0 Å². The number of hydrogen-bond acceptors (Lipinski definition) is 3. The third kappa shape index (κ3) is 4.83. The molecule has 0 aliphatic carbocycles. The van der Waals surface area contributed by atoms with Crippen LogP contribution in [0, 0.1) is 11.6 Å². The lowest BCUT2D eigenvalue weighted by Gasteiger charge is -2.26. The van der Waals surface area contributed by atoms with E-state index in [0.717, 1.165) is 12.1 Å². The van der Waals surface area contributed by atoms with Crippen molar-refractivity contribution in [1.29, 1.82) is 0 Å². The zero-order valence-corrected chi connectivity index (χ0v) is 11.3. The molecule has 0 heterocycles. The summed E-state index contributed by atoms with van der Waals surface area (Å²) in [5.74, 6) is -3.17. The van der Waals surface area contributed by atoms with E-state index in [-0.39, 0.29) is 5.69 Å². The molecule has 1 aromatic carbocycles. The van der Waals surface area contributed by atoms with Crippen LogP contribution in [0.15, 0.2) is 18.2 Å². The highest BCUT2D eigenvalue weighted by Crippen LogP contribution is 2.20. The Morgan fingerprint density at radius 2 is 1.70 bits per heavy atom. The van der Waals surface area contributed by atoms with Gasteiger partial charge in [0.05, 0.1) is 5.69 Å². The Bertz CT molecular complexity index is 505. The first kappa shape index (κ1) is 15.9. The number of ether oxygens (including phenoxy) is 1. The second-order valence-corrected chi connectivity index (χ2v) is 5.09. The number of carbonyl (C=O) groups is 2. The summed E-state index contributed by atoms with van der Waals surface area (Å²) in [6, 6.07) is 2.34. The first-order chi connectivity index (χ1) is 9.08. The fourth-order valence-corrected chi connectivity index (χ4v) is 1.41. The molecule has 0 radical (unpaired) electrons. The maximum atomic E-state index is 13.2. The van der Waals surface area contributed by atoms with Crippen molar-refractivity contribution in [3.63, 3.8) is 0 Å². The van der Waals surface area contributed by atoms with E-state index in [1.165, 1.54) is 0 Å². The Balaban J connectivity index is 3.11. The van der Waals surface area contributed by atoms with Crippen molar-refractivity contribution in [1.82, 2.24) is 0 Å². The monoisotopic (exact) mass is 287 g/mol. The van der Waals surface area contributed by atoms with Gasteiger partial charge in [-0.2, -0.15) is 0 Å². The molecule has 110 valence electrons. The number of anilines is 1. The molecule has 0 unspecified atom stereocenters. The van der Waals surface area contributed by atoms with Crippen molar-refractivity contribution in [2.24, 2.45) is 0 Å². The second kappa shape index (κ2) is 5.85. The summed E-state index contributed by atoms with van der Waals surface area (Å²) in [7, 11) is 0. The van der Waals surface area contributed by atoms with Crippen molar-refractivity contribution in [2.75, 3.05) is 11.4 Å². The minimum Gasteiger partial charge on any atom is -0.480 e. The van der Waals surface area contributed by atoms with Gasteiger partial charge in [-0.15, -0.1) is 0 Å². The number of carboxylic acids is 1. The SMILES string of the molecule is CC(C)(C)OC(=O)N(CC(=O)O)c1cc(F)cc(F)c1. The van der Waals surface area contributed by atoms with Crippen LogP contribution in [-0.4, -0.2) is 29.3 Å². The third-order valence-electron chi connectivity index (χ3n) is 2.07. The van der Waals surface area contributed by atoms with Gasteiger partial charge in [-0.05, 0) is 32.9 Å². The number of amides is 1. The molecule has 20 heavy (non-hydrogen) atoms. The molecule has 0 aromatic heterocycles. The van der Waals surface area contributed by atoms with Crippen molar-refractivity contribution in [2.45, 2.75) is 26.4 Å². The summed E-state index contributed by atoms with van der Waals surface area (Å²) in [4.78, 5) is 23.4. The van der Waals surface area contributed by atoms with E-state index in [2.05, 4.69) is 0 Å². The molecule has 1 amide bonds. The summed E-state index contributed by atoms with van der Waals surface area (Å²) in [6.07, 6.45) is -0.995. The number of aliphatic carboxylic acids is 1. The van der Waals surface area contributed by atoms with Crippen molar-refractivity contribution in [3.05, 3.63) is 29.8 Å². The zero-order chi connectivity index (χ0) is 15.5. The normalized spacial score (nSPS) is 11.1. The molecule has 0 fully saturated rings. The van der Waals surface area contributed by atoms with E-state index >= 15 is 0 Å². The molecular weight excluding hydrogens is 272 g/mol. The smallest absolute Gasteiger partial charge is 0.415 e. The Labute approximate surface area is 114 Å². The van der Waals surface area contributed by atoms with Crippen LogP contribution in [0.3, 0.4) is 0 Å². The molecule has 1 N–H and O–H groups in total. The van der Waals surface area contributed by atoms with E-state index in [4.69, 9.17) is 9.84 Å². The van der Waals surface area contributed by atoms with E-state index in [1.807, 2.05) is 0 Å². The van der Waals surface area contributed by atoms with E-state index < -0.39 is 35.8 Å². The molecule has 0 aliphatic rings. The molecular formula is C13H15F2NO4. The van der Waals surface area contributed by atoms with E-state index in [1.54, 1.807) is 20.8 Å². The third-order valence-corrected chi connectivity index (χ3v) is 2.07. The van der Waals surface area contributed by atoms with Crippen LogP contribution in [0.4, 0.5) is 19.3 Å². The maximum Gasteiger partial charge on any atom is 0.415 e. The van der Waals surface area contributed by atoms with Crippen LogP contribution in [0.2, 0.25) is 0 Å². The average Bonchev–Trinajstić information content (AvgIpc) is 2.21. The molecule has 0 bridgehead atoms. The van der Waals surface area contributed by atoms with Gasteiger partial charge in [0.25, 0.3) is 0 Å². The lowest BCUT2D eigenvalue weighted by atomic mass is 10.2. The predicted molar refractivity (Wildman–Crippen MR) is 67.6 cm³/mol. The van der Waals surface area contributed by atoms with Gasteiger partial charge in [-0.3, -0.25) is 9.69 Å². The number of carbonyl (C=O) groups excluding carboxylic acids is 1. The first-order valence-corrected chi connectivity index (χ1v) is 5.77. The fraction of sp³-hybridized carbons (Fsp3) is 0.385. The van der Waals surface area contributed by atoms with Gasteiger partial charge in [0.2, 0.25) is 0 Å². The van der Waals surface area contributed by atoms with E-state index in [0.29, 0.717) is 11.0 Å². The minimum atomic E-state index is -1.33. The van der Waals surface area contributed by atoms with E-state index in [9.17, 15) is 18.4 Å². The number of rotatable bonds is 3. The largest absolute Gasteiger partial charge is 0.480 e. The predicted octanol–water partition coefficient (Wildman–Crippen LogP) is 2.79. The molecule has 0 aliphatic heterocycles. The Morgan fingerprint density at radius 3 is 2.10 bits per heavy atom. The zero-order valence-electron chi connectivity index (χ0n) is 11.3. The van der Waals surface area contributed by atoms with Crippen LogP contribution in [0.1, 0.15) is 20.8 Å². The Kier molecular flexibility index (Phi) is 4.65. The Hall–Kier alpha value is -2.18. The van der Waals surface area contributed by atoms with Crippen LogP contribution >= 0.6 is 0 Å². The molecule has 0 saturated carbocycles. The van der Waals surface area contributed by atoms with Gasteiger partial charge < -0.3 is 9.84 Å².